The van der Waals surface area contributed by atoms with Gasteiger partial charge in [0.25, 0.3) is 5.91 Å². The Balaban J connectivity index is 2.06. The summed E-state index contributed by atoms with van der Waals surface area (Å²) >= 11 is 0. The number of carbonyl (C=O) groups excluding carboxylic acids is 1. The van der Waals surface area contributed by atoms with Crippen LogP contribution < -0.4 is 5.76 Å². The third-order valence-corrected chi connectivity index (χ3v) is 1.87. The van der Waals surface area contributed by atoms with Gasteiger partial charge < -0.3 is 9.32 Å². The van der Waals surface area contributed by atoms with Gasteiger partial charge in [0, 0.05) is 7.05 Å². The fraction of sp³-hybridized carbons (Fsp3) is 0.250. The molecule has 0 radical (unpaired) electrons. The van der Waals surface area contributed by atoms with Crippen molar-refractivity contribution < 1.29 is 13.7 Å². The zero-order valence-corrected chi connectivity index (χ0v) is 8.34. The second-order valence-electron chi connectivity index (χ2n) is 3.08. The molecule has 84 valence electrons. The molecule has 1 N–H and O–H groups in total. The molecule has 2 rings (SSSR count). The highest BCUT2D eigenvalue weighted by molar-refractivity contribution is 5.91. The zero-order chi connectivity index (χ0) is 11.5. The Morgan fingerprint density at radius 2 is 2.44 bits per heavy atom. The molecule has 0 aliphatic carbocycles. The van der Waals surface area contributed by atoms with Crippen molar-refractivity contribution in [1.82, 2.24) is 20.0 Å². The Hall–Kier alpha value is -2.38. The Labute approximate surface area is 88.9 Å². The molecule has 8 nitrogen and oxygen atoms in total. The number of hydrogen-bond donors (Lipinski definition) is 1. The Morgan fingerprint density at radius 1 is 1.62 bits per heavy atom. The van der Waals surface area contributed by atoms with Crippen molar-refractivity contribution >= 4 is 5.91 Å². The van der Waals surface area contributed by atoms with Crippen molar-refractivity contribution in [3.05, 3.63) is 34.7 Å². The van der Waals surface area contributed by atoms with Crippen LogP contribution >= 0.6 is 0 Å². The Morgan fingerprint density at radius 3 is 3.00 bits per heavy atom. The summed E-state index contributed by atoms with van der Waals surface area (Å²) in [6.45, 7) is 0.122. The number of hydrogen-bond acceptors (Lipinski definition) is 6. The standard InChI is InChI=1S/C8H8N4O4/c1-12(2-6-10-8(14)16-11-6)7(13)5-3-15-4-9-5/h3-4H,2H2,1H3,(H,10,11,14). The molecule has 8 heteroatoms. The minimum atomic E-state index is -0.655. The van der Waals surface area contributed by atoms with E-state index >= 15 is 0 Å². The molecule has 2 aromatic rings. The number of H-pyrrole nitrogens is 1. The lowest BCUT2D eigenvalue weighted by molar-refractivity contribution is 0.0775. The van der Waals surface area contributed by atoms with Gasteiger partial charge in [0.2, 0.25) is 0 Å². The van der Waals surface area contributed by atoms with Crippen molar-refractivity contribution in [3.63, 3.8) is 0 Å². The minimum Gasteiger partial charge on any atom is -0.451 e. The van der Waals surface area contributed by atoms with E-state index in [-0.39, 0.29) is 24.0 Å². The van der Waals surface area contributed by atoms with Gasteiger partial charge in [-0.15, -0.1) is 0 Å². The molecule has 0 aliphatic heterocycles. The number of nitrogens with one attached hydrogen (secondary N) is 1. The average Bonchev–Trinajstić information content (AvgIpc) is 2.88. The van der Waals surface area contributed by atoms with Crippen LogP contribution in [0.5, 0.6) is 0 Å². The molecule has 0 fully saturated rings. The summed E-state index contributed by atoms with van der Waals surface area (Å²) in [6, 6.07) is 0. The molecule has 0 saturated carbocycles. The Kier molecular flexibility index (Phi) is 2.54. The average molecular weight is 224 g/mol. The van der Waals surface area contributed by atoms with E-state index in [0.717, 1.165) is 0 Å². The molecule has 0 aromatic carbocycles. The van der Waals surface area contributed by atoms with Gasteiger partial charge in [-0.3, -0.25) is 14.3 Å². The zero-order valence-electron chi connectivity index (χ0n) is 8.34. The van der Waals surface area contributed by atoms with Gasteiger partial charge in [0.1, 0.15) is 6.26 Å². The fourth-order valence-corrected chi connectivity index (χ4v) is 1.14. The number of rotatable bonds is 3. The SMILES string of the molecule is CN(Cc1noc(=O)[nH]1)C(=O)c1cocn1. The molecule has 0 saturated heterocycles. The minimum absolute atomic E-state index is 0.122. The number of carbonyl (C=O) groups is 1. The van der Waals surface area contributed by atoms with Gasteiger partial charge in [-0.2, -0.15) is 0 Å². The van der Waals surface area contributed by atoms with Crippen LogP contribution in [0.4, 0.5) is 0 Å². The molecule has 0 atom stereocenters. The van der Waals surface area contributed by atoms with E-state index < -0.39 is 5.76 Å². The lowest BCUT2D eigenvalue weighted by Crippen LogP contribution is -2.27. The lowest BCUT2D eigenvalue weighted by atomic mass is 10.4. The van der Waals surface area contributed by atoms with E-state index in [0.29, 0.717) is 0 Å². The molecule has 2 heterocycles. The quantitative estimate of drug-likeness (QED) is 0.762. The van der Waals surface area contributed by atoms with Gasteiger partial charge in [0.15, 0.2) is 17.9 Å². The number of aromatic amines is 1. The summed E-state index contributed by atoms with van der Waals surface area (Å²) in [6.07, 6.45) is 2.41. The van der Waals surface area contributed by atoms with Crippen LogP contribution in [0, 0.1) is 0 Å². The predicted octanol–water partition coefficient (Wildman–Crippen LogP) is -0.377. The van der Waals surface area contributed by atoms with Gasteiger partial charge in [-0.1, -0.05) is 5.16 Å². The smallest absolute Gasteiger partial charge is 0.438 e. The predicted molar refractivity (Wildman–Crippen MR) is 49.4 cm³/mol. The van der Waals surface area contributed by atoms with E-state index in [1.165, 1.54) is 17.6 Å². The van der Waals surface area contributed by atoms with E-state index in [4.69, 9.17) is 0 Å². The summed E-state index contributed by atoms with van der Waals surface area (Å²) in [7, 11) is 1.55. The van der Waals surface area contributed by atoms with Crippen molar-refractivity contribution in [1.29, 1.82) is 0 Å². The van der Waals surface area contributed by atoms with Crippen LogP contribution in [0.15, 0.2) is 26.4 Å². The third kappa shape index (κ3) is 2.00. The third-order valence-electron chi connectivity index (χ3n) is 1.87. The molecule has 1 amide bonds. The lowest BCUT2D eigenvalue weighted by Gasteiger charge is -2.12. The molecule has 0 unspecified atom stereocenters. The molecule has 0 bridgehead atoms. The highest BCUT2D eigenvalue weighted by atomic mass is 16.5. The molecule has 16 heavy (non-hydrogen) atoms. The second-order valence-corrected chi connectivity index (χ2v) is 3.08. The highest BCUT2D eigenvalue weighted by Crippen LogP contribution is 2.02. The topological polar surface area (TPSA) is 105 Å². The molecular weight excluding hydrogens is 216 g/mol. The van der Waals surface area contributed by atoms with Crippen LogP contribution in [0.25, 0.3) is 0 Å². The molecule has 2 aromatic heterocycles. The summed E-state index contributed by atoms with van der Waals surface area (Å²) in [4.78, 5) is 29.7. The van der Waals surface area contributed by atoms with Gasteiger partial charge in [-0.25, -0.2) is 9.78 Å². The van der Waals surface area contributed by atoms with Crippen molar-refractivity contribution in [2.75, 3.05) is 7.05 Å². The largest absolute Gasteiger partial charge is 0.451 e. The van der Waals surface area contributed by atoms with Crippen LogP contribution in [-0.4, -0.2) is 33.0 Å². The van der Waals surface area contributed by atoms with Crippen LogP contribution in [0.3, 0.4) is 0 Å². The number of aromatic nitrogens is 3. The van der Waals surface area contributed by atoms with E-state index in [2.05, 4.69) is 24.1 Å². The van der Waals surface area contributed by atoms with E-state index in [1.807, 2.05) is 0 Å². The number of amides is 1. The maximum atomic E-state index is 11.7. The molecule has 0 spiro atoms. The highest BCUT2D eigenvalue weighted by Gasteiger charge is 2.16. The van der Waals surface area contributed by atoms with Crippen LogP contribution in [-0.2, 0) is 6.54 Å². The first-order chi connectivity index (χ1) is 7.66. The van der Waals surface area contributed by atoms with Crippen molar-refractivity contribution in [2.45, 2.75) is 6.54 Å². The number of oxazole rings is 1. The summed E-state index contributed by atoms with van der Waals surface area (Å²) in [5.41, 5.74) is 0.188. The second kappa shape index (κ2) is 4.01. The van der Waals surface area contributed by atoms with Crippen LogP contribution in [0.2, 0.25) is 0 Å². The first kappa shape index (κ1) is 10.1. The Bertz CT molecular complexity index is 526. The monoisotopic (exact) mass is 224 g/mol. The first-order valence-electron chi connectivity index (χ1n) is 4.35. The summed E-state index contributed by atoms with van der Waals surface area (Å²) < 4.78 is 8.99. The van der Waals surface area contributed by atoms with Gasteiger partial charge >= 0.3 is 5.76 Å². The van der Waals surface area contributed by atoms with Crippen LogP contribution in [0.1, 0.15) is 16.3 Å². The summed E-state index contributed by atoms with van der Waals surface area (Å²) in [5.74, 6) is -0.723. The maximum Gasteiger partial charge on any atom is 0.438 e. The normalized spacial score (nSPS) is 10.3. The first-order valence-corrected chi connectivity index (χ1v) is 4.35. The maximum absolute atomic E-state index is 11.7. The van der Waals surface area contributed by atoms with E-state index in [9.17, 15) is 9.59 Å². The van der Waals surface area contributed by atoms with Gasteiger partial charge in [0.05, 0.1) is 6.54 Å². The van der Waals surface area contributed by atoms with E-state index in [1.54, 1.807) is 7.05 Å². The number of nitrogens with zero attached hydrogens (tertiary/aromatic N) is 3. The summed E-state index contributed by atoms with van der Waals surface area (Å²) in [5, 5.41) is 3.44. The van der Waals surface area contributed by atoms with Crippen molar-refractivity contribution in [3.8, 4) is 0 Å². The molecule has 0 aliphatic rings. The molecular formula is C8H8N4O4. The van der Waals surface area contributed by atoms with Crippen molar-refractivity contribution in [2.24, 2.45) is 0 Å². The van der Waals surface area contributed by atoms with Gasteiger partial charge in [-0.05, 0) is 0 Å². The fourth-order valence-electron chi connectivity index (χ4n) is 1.14.